The number of anilines is 1. The van der Waals surface area contributed by atoms with Crippen LogP contribution in [-0.2, 0) is 20.7 Å². The molecule has 202 valence electrons. The summed E-state index contributed by atoms with van der Waals surface area (Å²) < 4.78 is 5.37. The lowest BCUT2D eigenvalue weighted by molar-refractivity contribution is -0.128. The molecule has 0 aliphatic carbocycles. The largest absolute Gasteiger partial charge is 0.508 e. The maximum atomic E-state index is 13.5. The molecule has 3 rings (SSSR count). The lowest BCUT2D eigenvalue weighted by Gasteiger charge is -2.27. The van der Waals surface area contributed by atoms with Crippen molar-refractivity contribution in [2.75, 3.05) is 5.32 Å². The zero-order chi connectivity index (χ0) is 27.9. The predicted octanol–water partition coefficient (Wildman–Crippen LogP) is 5.15. The minimum absolute atomic E-state index is 0.0943. The van der Waals surface area contributed by atoms with Crippen LogP contribution in [0.15, 0.2) is 66.7 Å². The van der Waals surface area contributed by atoms with Crippen molar-refractivity contribution in [3.05, 3.63) is 72.3 Å². The van der Waals surface area contributed by atoms with Gasteiger partial charge in [0, 0.05) is 17.5 Å². The lowest BCUT2D eigenvalue weighted by Crippen LogP contribution is -2.55. The van der Waals surface area contributed by atoms with Crippen molar-refractivity contribution < 1.29 is 24.2 Å². The molecule has 0 bridgehead atoms. The van der Waals surface area contributed by atoms with Crippen LogP contribution >= 0.6 is 0 Å². The first-order valence-electron chi connectivity index (χ1n) is 12.8. The first-order chi connectivity index (χ1) is 18.0. The molecule has 0 aliphatic heterocycles. The topological polar surface area (TPSA) is 117 Å². The molecule has 3 amide bonds. The average molecular weight is 520 g/mol. The fraction of sp³-hybridized carbons (Fsp3) is 0.367. The summed E-state index contributed by atoms with van der Waals surface area (Å²) in [5.74, 6) is -0.937. The van der Waals surface area contributed by atoms with Crippen molar-refractivity contribution in [3.63, 3.8) is 0 Å². The Kier molecular flexibility index (Phi) is 9.34. The molecule has 0 aliphatic rings. The summed E-state index contributed by atoms with van der Waals surface area (Å²) in [6.07, 6.45) is 0.0521. The van der Waals surface area contributed by atoms with E-state index in [0.717, 1.165) is 16.3 Å². The molecule has 0 saturated carbocycles. The first kappa shape index (κ1) is 28.5. The Balaban J connectivity index is 1.82. The van der Waals surface area contributed by atoms with Crippen LogP contribution in [0.5, 0.6) is 5.75 Å². The summed E-state index contributed by atoms with van der Waals surface area (Å²) in [4.78, 5) is 39.5. The number of hydrogen-bond donors (Lipinski definition) is 4. The SMILES string of the molecule is CC[C@H](C)[C@H](NC(=O)[C@H](Cc1ccc(O)cc1)NC(=O)OC(C)(C)C)C(=O)Nc1cccc2ccccc12. The maximum Gasteiger partial charge on any atom is 0.408 e. The summed E-state index contributed by atoms with van der Waals surface area (Å²) in [7, 11) is 0. The number of nitrogens with one attached hydrogen (secondary N) is 3. The number of aromatic hydroxyl groups is 1. The van der Waals surface area contributed by atoms with Gasteiger partial charge in [0.15, 0.2) is 0 Å². The van der Waals surface area contributed by atoms with Crippen LogP contribution in [0.25, 0.3) is 10.8 Å². The van der Waals surface area contributed by atoms with Gasteiger partial charge in [0.1, 0.15) is 23.4 Å². The second kappa shape index (κ2) is 12.4. The number of carbonyl (C=O) groups excluding carboxylic acids is 3. The number of phenolic OH excluding ortho intramolecular Hbond substituents is 1. The Morgan fingerprint density at radius 3 is 2.21 bits per heavy atom. The highest BCUT2D eigenvalue weighted by atomic mass is 16.6. The molecule has 0 fully saturated rings. The lowest BCUT2D eigenvalue weighted by atomic mass is 9.96. The van der Waals surface area contributed by atoms with Gasteiger partial charge in [-0.2, -0.15) is 0 Å². The number of alkyl carbamates (subject to hydrolysis) is 1. The zero-order valence-electron chi connectivity index (χ0n) is 22.6. The van der Waals surface area contributed by atoms with Crippen LogP contribution in [0.4, 0.5) is 10.5 Å². The summed E-state index contributed by atoms with van der Waals surface area (Å²) in [6.45, 7) is 9.04. The molecule has 3 aromatic rings. The molecule has 0 radical (unpaired) electrons. The molecule has 0 aromatic heterocycles. The fourth-order valence-electron chi connectivity index (χ4n) is 4.03. The number of carbonyl (C=O) groups is 3. The monoisotopic (exact) mass is 519 g/mol. The quantitative estimate of drug-likeness (QED) is 0.312. The van der Waals surface area contributed by atoms with Gasteiger partial charge < -0.3 is 25.8 Å². The summed E-state index contributed by atoms with van der Waals surface area (Å²) >= 11 is 0. The third-order valence-corrected chi connectivity index (χ3v) is 6.22. The fourth-order valence-corrected chi connectivity index (χ4v) is 4.03. The summed E-state index contributed by atoms with van der Waals surface area (Å²) in [6, 6.07) is 17.9. The van der Waals surface area contributed by atoms with E-state index in [0.29, 0.717) is 12.1 Å². The van der Waals surface area contributed by atoms with Crippen LogP contribution < -0.4 is 16.0 Å². The van der Waals surface area contributed by atoms with Gasteiger partial charge >= 0.3 is 6.09 Å². The van der Waals surface area contributed by atoms with Gasteiger partial charge in [-0.25, -0.2) is 4.79 Å². The van der Waals surface area contributed by atoms with Gasteiger partial charge in [0.05, 0.1) is 0 Å². The Bertz CT molecular complexity index is 1260. The van der Waals surface area contributed by atoms with E-state index in [1.54, 1.807) is 32.9 Å². The van der Waals surface area contributed by atoms with Crippen LogP contribution in [0, 0.1) is 5.92 Å². The molecule has 4 N–H and O–H groups in total. The molecule has 3 atom stereocenters. The molecule has 0 spiro atoms. The van der Waals surface area contributed by atoms with E-state index in [1.807, 2.05) is 56.3 Å². The highest BCUT2D eigenvalue weighted by molar-refractivity contribution is 6.05. The minimum Gasteiger partial charge on any atom is -0.508 e. The zero-order valence-corrected chi connectivity index (χ0v) is 22.6. The second-order valence-corrected chi connectivity index (χ2v) is 10.5. The van der Waals surface area contributed by atoms with Crippen molar-refractivity contribution in [1.29, 1.82) is 0 Å². The molecule has 38 heavy (non-hydrogen) atoms. The Labute approximate surface area is 223 Å². The Hall–Kier alpha value is -4.07. The van der Waals surface area contributed by atoms with E-state index in [9.17, 15) is 19.5 Å². The minimum atomic E-state index is -1.01. The van der Waals surface area contributed by atoms with Crippen molar-refractivity contribution in [1.82, 2.24) is 10.6 Å². The molecular formula is C30H37N3O5. The van der Waals surface area contributed by atoms with E-state index < -0.39 is 29.7 Å². The van der Waals surface area contributed by atoms with E-state index in [-0.39, 0.29) is 24.0 Å². The Morgan fingerprint density at radius 2 is 1.55 bits per heavy atom. The first-order valence-corrected chi connectivity index (χ1v) is 12.8. The van der Waals surface area contributed by atoms with Gasteiger partial charge in [-0.1, -0.05) is 68.8 Å². The molecule has 8 heteroatoms. The van der Waals surface area contributed by atoms with Gasteiger partial charge in [0.2, 0.25) is 11.8 Å². The third kappa shape index (κ3) is 7.96. The standard InChI is InChI=1S/C30H37N3O5/c1-6-19(2)26(28(36)31-24-13-9-11-21-10-7-8-12-23(21)24)33-27(35)25(32-29(37)38-30(3,4)5)18-20-14-16-22(34)17-15-20/h7-17,19,25-26,34H,6,18H2,1-5H3,(H,31,36)(H,32,37)(H,33,35)/t19-,25-,26-/m0/s1. The number of phenols is 1. The Morgan fingerprint density at radius 1 is 0.895 bits per heavy atom. The number of ether oxygens (including phenoxy) is 1. The normalized spacial score (nSPS) is 13.7. The number of hydrogen-bond acceptors (Lipinski definition) is 5. The average Bonchev–Trinajstić information content (AvgIpc) is 2.86. The van der Waals surface area contributed by atoms with Crippen LogP contribution in [0.2, 0.25) is 0 Å². The van der Waals surface area contributed by atoms with Gasteiger partial charge in [-0.15, -0.1) is 0 Å². The van der Waals surface area contributed by atoms with Crippen molar-refractivity contribution in [3.8, 4) is 5.75 Å². The van der Waals surface area contributed by atoms with E-state index >= 15 is 0 Å². The van der Waals surface area contributed by atoms with Gasteiger partial charge in [0.25, 0.3) is 0 Å². The van der Waals surface area contributed by atoms with Crippen molar-refractivity contribution in [2.24, 2.45) is 5.92 Å². The van der Waals surface area contributed by atoms with E-state index in [1.165, 1.54) is 12.1 Å². The molecule has 0 unspecified atom stereocenters. The van der Waals surface area contributed by atoms with Crippen molar-refractivity contribution >= 4 is 34.4 Å². The second-order valence-electron chi connectivity index (χ2n) is 10.5. The van der Waals surface area contributed by atoms with E-state index in [4.69, 9.17) is 4.74 Å². The number of benzene rings is 3. The number of amides is 3. The van der Waals surface area contributed by atoms with Crippen LogP contribution in [0.1, 0.15) is 46.6 Å². The third-order valence-electron chi connectivity index (χ3n) is 6.22. The molecule has 8 nitrogen and oxygen atoms in total. The van der Waals surface area contributed by atoms with E-state index in [2.05, 4.69) is 16.0 Å². The predicted molar refractivity (Wildman–Crippen MR) is 149 cm³/mol. The van der Waals surface area contributed by atoms with Crippen LogP contribution in [-0.4, -0.2) is 40.7 Å². The van der Waals surface area contributed by atoms with Gasteiger partial charge in [-0.3, -0.25) is 9.59 Å². The summed E-state index contributed by atoms with van der Waals surface area (Å²) in [5.41, 5.74) is 0.629. The highest BCUT2D eigenvalue weighted by Gasteiger charge is 2.31. The highest BCUT2D eigenvalue weighted by Crippen LogP contribution is 2.24. The number of fused-ring (bicyclic) bond motifs is 1. The molecule has 0 heterocycles. The number of rotatable bonds is 9. The molecular weight excluding hydrogens is 482 g/mol. The van der Waals surface area contributed by atoms with Crippen LogP contribution in [0.3, 0.4) is 0 Å². The maximum absolute atomic E-state index is 13.5. The smallest absolute Gasteiger partial charge is 0.408 e. The molecule has 0 saturated heterocycles. The summed E-state index contributed by atoms with van der Waals surface area (Å²) in [5, 5.41) is 20.0. The van der Waals surface area contributed by atoms with Gasteiger partial charge in [-0.05, 0) is 55.8 Å². The molecule has 3 aromatic carbocycles. The van der Waals surface area contributed by atoms with Crippen molar-refractivity contribution in [2.45, 2.75) is 65.1 Å².